The lowest BCUT2D eigenvalue weighted by Gasteiger charge is -2.07. The lowest BCUT2D eigenvalue weighted by Crippen LogP contribution is -2.30. The van der Waals surface area contributed by atoms with Crippen LogP contribution in [0.2, 0.25) is 0 Å². The predicted octanol–water partition coefficient (Wildman–Crippen LogP) is 0.629. The number of allylic oxidation sites excluding steroid dienone is 1. The van der Waals surface area contributed by atoms with Crippen LogP contribution in [0.1, 0.15) is 6.92 Å². The molecular weight excluding hydrogens is 100 g/mol. The molecule has 0 fully saturated rings. The summed E-state index contributed by atoms with van der Waals surface area (Å²) in [5.74, 6) is 0. The van der Waals surface area contributed by atoms with E-state index in [0.29, 0.717) is 0 Å². The molecule has 0 aromatic carbocycles. The molecule has 0 saturated carbocycles. The van der Waals surface area contributed by atoms with Gasteiger partial charge in [-0.15, -0.1) is 0 Å². The van der Waals surface area contributed by atoms with E-state index < -0.39 is 0 Å². The van der Waals surface area contributed by atoms with Crippen LogP contribution in [0.15, 0.2) is 12.2 Å². The summed E-state index contributed by atoms with van der Waals surface area (Å²) in [6.07, 6.45) is 4.09. The van der Waals surface area contributed by atoms with E-state index in [9.17, 15) is 0 Å². The van der Waals surface area contributed by atoms with Crippen LogP contribution < -0.4 is 5.43 Å². The van der Waals surface area contributed by atoms with Crippen molar-refractivity contribution in [2.75, 3.05) is 20.6 Å². The van der Waals surface area contributed by atoms with Gasteiger partial charge >= 0.3 is 0 Å². The highest BCUT2D eigenvalue weighted by molar-refractivity contribution is 4.78. The van der Waals surface area contributed by atoms with Gasteiger partial charge in [-0.3, -0.25) is 10.4 Å². The minimum atomic E-state index is 0.920. The molecule has 0 atom stereocenters. The van der Waals surface area contributed by atoms with Crippen molar-refractivity contribution in [3.8, 4) is 0 Å². The molecule has 0 saturated heterocycles. The standard InChI is InChI=1S/C6H14N2/c1-4-5-6-7-8(2)3/h4-5,7H,6H2,1-3H3/b5-4+. The minimum Gasteiger partial charge on any atom is -0.252 e. The van der Waals surface area contributed by atoms with Gasteiger partial charge in [-0.1, -0.05) is 12.2 Å². The number of rotatable bonds is 3. The first kappa shape index (κ1) is 7.66. The van der Waals surface area contributed by atoms with Gasteiger partial charge in [0.25, 0.3) is 0 Å². The van der Waals surface area contributed by atoms with E-state index in [1.807, 2.05) is 32.1 Å². The molecule has 8 heavy (non-hydrogen) atoms. The van der Waals surface area contributed by atoms with Crippen LogP contribution in [0.25, 0.3) is 0 Å². The van der Waals surface area contributed by atoms with Crippen LogP contribution >= 0.6 is 0 Å². The van der Waals surface area contributed by atoms with Crippen molar-refractivity contribution in [1.82, 2.24) is 10.4 Å². The maximum atomic E-state index is 3.09. The second-order valence-corrected chi connectivity index (χ2v) is 1.83. The van der Waals surface area contributed by atoms with Crippen molar-refractivity contribution in [3.05, 3.63) is 12.2 Å². The molecule has 0 rings (SSSR count). The van der Waals surface area contributed by atoms with Gasteiger partial charge in [0.1, 0.15) is 0 Å². The van der Waals surface area contributed by atoms with Crippen LogP contribution in [0.3, 0.4) is 0 Å². The summed E-state index contributed by atoms with van der Waals surface area (Å²) in [5, 5.41) is 1.93. The third kappa shape index (κ3) is 5.66. The largest absolute Gasteiger partial charge is 0.252 e. The van der Waals surface area contributed by atoms with Gasteiger partial charge in [-0.2, -0.15) is 0 Å². The van der Waals surface area contributed by atoms with Gasteiger partial charge in [0.15, 0.2) is 0 Å². The third-order valence-electron chi connectivity index (χ3n) is 0.761. The molecule has 0 spiro atoms. The highest BCUT2D eigenvalue weighted by atomic mass is 15.5. The zero-order valence-corrected chi connectivity index (χ0v) is 5.81. The first-order valence-electron chi connectivity index (χ1n) is 2.79. The Kier molecular flexibility index (Phi) is 4.61. The summed E-state index contributed by atoms with van der Waals surface area (Å²) in [5.41, 5.74) is 3.09. The summed E-state index contributed by atoms with van der Waals surface area (Å²) >= 11 is 0. The summed E-state index contributed by atoms with van der Waals surface area (Å²) in [7, 11) is 3.95. The minimum absolute atomic E-state index is 0.920. The Hall–Kier alpha value is -0.340. The molecule has 0 heterocycles. The second kappa shape index (κ2) is 4.81. The van der Waals surface area contributed by atoms with Crippen molar-refractivity contribution < 1.29 is 0 Å². The molecular formula is C6H14N2. The lowest BCUT2D eigenvalue weighted by atomic mass is 10.5. The first-order chi connectivity index (χ1) is 3.77. The van der Waals surface area contributed by atoms with E-state index in [1.165, 1.54) is 0 Å². The number of hydrogen-bond acceptors (Lipinski definition) is 2. The molecule has 2 nitrogen and oxygen atoms in total. The molecule has 0 bridgehead atoms. The van der Waals surface area contributed by atoms with E-state index in [1.54, 1.807) is 0 Å². The van der Waals surface area contributed by atoms with Gasteiger partial charge in [0, 0.05) is 20.6 Å². The van der Waals surface area contributed by atoms with Crippen LogP contribution in [0, 0.1) is 0 Å². The summed E-state index contributed by atoms with van der Waals surface area (Å²) in [6, 6.07) is 0. The zero-order valence-electron chi connectivity index (χ0n) is 5.81. The van der Waals surface area contributed by atoms with Gasteiger partial charge in [0.2, 0.25) is 0 Å². The first-order valence-corrected chi connectivity index (χ1v) is 2.79. The van der Waals surface area contributed by atoms with Crippen LogP contribution in [-0.2, 0) is 0 Å². The molecule has 0 amide bonds. The van der Waals surface area contributed by atoms with Gasteiger partial charge in [-0.25, -0.2) is 0 Å². The molecule has 1 N–H and O–H groups in total. The van der Waals surface area contributed by atoms with Crippen molar-refractivity contribution in [2.24, 2.45) is 0 Å². The molecule has 0 radical (unpaired) electrons. The van der Waals surface area contributed by atoms with Crippen LogP contribution in [-0.4, -0.2) is 25.6 Å². The Balaban J connectivity index is 2.93. The fraction of sp³-hybridized carbons (Fsp3) is 0.667. The molecule has 2 heteroatoms. The average Bonchev–Trinajstić information content (AvgIpc) is 1.66. The SMILES string of the molecule is C/C=C/CNN(C)C. The fourth-order valence-electron chi connectivity index (χ4n) is 0.353. The second-order valence-electron chi connectivity index (χ2n) is 1.83. The predicted molar refractivity (Wildman–Crippen MR) is 36.5 cm³/mol. The van der Waals surface area contributed by atoms with Gasteiger partial charge in [-0.05, 0) is 6.92 Å². The number of nitrogens with zero attached hydrogens (tertiary/aromatic N) is 1. The lowest BCUT2D eigenvalue weighted by molar-refractivity contribution is 0.306. The highest BCUT2D eigenvalue weighted by Gasteiger charge is 1.78. The topological polar surface area (TPSA) is 15.3 Å². The quantitative estimate of drug-likeness (QED) is 0.427. The van der Waals surface area contributed by atoms with Crippen molar-refractivity contribution in [3.63, 3.8) is 0 Å². The Morgan fingerprint density at radius 2 is 2.12 bits per heavy atom. The Morgan fingerprint density at radius 3 is 2.50 bits per heavy atom. The molecule has 0 aliphatic rings. The molecule has 0 aliphatic heterocycles. The monoisotopic (exact) mass is 114 g/mol. The maximum Gasteiger partial charge on any atom is 0.0283 e. The van der Waals surface area contributed by atoms with Crippen molar-refractivity contribution >= 4 is 0 Å². The molecule has 0 aromatic heterocycles. The van der Waals surface area contributed by atoms with Crippen molar-refractivity contribution in [2.45, 2.75) is 6.92 Å². The molecule has 48 valence electrons. The number of hydrazine groups is 1. The fourth-order valence-corrected chi connectivity index (χ4v) is 0.353. The van der Waals surface area contributed by atoms with E-state index in [4.69, 9.17) is 0 Å². The van der Waals surface area contributed by atoms with E-state index in [0.717, 1.165) is 6.54 Å². The Morgan fingerprint density at radius 1 is 1.50 bits per heavy atom. The van der Waals surface area contributed by atoms with E-state index >= 15 is 0 Å². The summed E-state index contributed by atoms with van der Waals surface area (Å²) in [6.45, 7) is 2.93. The Bertz CT molecular complexity index is 66.9. The summed E-state index contributed by atoms with van der Waals surface area (Å²) < 4.78 is 0. The average molecular weight is 114 g/mol. The smallest absolute Gasteiger partial charge is 0.0283 e. The van der Waals surface area contributed by atoms with Crippen LogP contribution in [0.5, 0.6) is 0 Å². The third-order valence-corrected chi connectivity index (χ3v) is 0.761. The maximum absolute atomic E-state index is 3.09. The Labute approximate surface area is 51.2 Å². The molecule has 0 aromatic rings. The number of nitrogens with one attached hydrogen (secondary N) is 1. The van der Waals surface area contributed by atoms with Gasteiger partial charge in [0.05, 0.1) is 0 Å². The number of hydrogen-bond donors (Lipinski definition) is 1. The normalized spacial score (nSPS) is 11.5. The van der Waals surface area contributed by atoms with E-state index in [2.05, 4.69) is 11.5 Å². The molecule has 0 aliphatic carbocycles. The summed E-state index contributed by atoms with van der Waals surface area (Å²) in [4.78, 5) is 0. The van der Waals surface area contributed by atoms with Crippen molar-refractivity contribution in [1.29, 1.82) is 0 Å². The zero-order chi connectivity index (χ0) is 6.41. The van der Waals surface area contributed by atoms with E-state index in [-0.39, 0.29) is 0 Å². The van der Waals surface area contributed by atoms with Gasteiger partial charge < -0.3 is 0 Å². The molecule has 0 unspecified atom stereocenters. The van der Waals surface area contributed by atoms with Crippen LogP contribution in [0.4, 0.5) is 0 Å². The highest BCUT2D eigenvalue weighted by Crippen LogP contribution is 1.67.